The van der Waals surface area contributed by atoms with Crippen LogP contribution in [-0.4, -0.2) is 74.1 Å². The van der Waals surface area contributed by atoms with E-state index in [1.165, 1.54) is 17.7 Å². The largest absolute Gasteiger partial charge is 0.497 e. The van der Waals surface area contributed by atoms with Crippen LogP contribution in [-0.2, 0) is 43.2 Å². The van der Waals surface area contributed by atoms with Gasteiger partial charge >= 0.3 is 5.97 Å². The molecular formula is C39H48N2O7Si. The molecule has 0 aromatic heterocycles. The van der Waals surface area contributed by atoms with Gasteiger partial charge < -0.3 is 24.2 Å². The third kappa shape index (κ3) is 7.18. The summed E-state index contributed by atoms with van der Waals surface area (Å²) in [6, 6.07) is 24.1. The summed E-state index contributed by atoms with van der Waals surface area (Å²) in [4.78, 5) is 41.5. The average Bonchev–Trinajstić information content (AvgIpc) is 3.40. The van der Waals surface area contributed by atoms with Crippen LogP contribution in [0.1, 0.15) is 49.8 Å². The number of fused-ring (bicyclic) bond motifs is 1. The van der Waals surface area contributed by atoms with Gasteiger partial charge in [-0.1, -0.05) is 73.7 Å². The number of esters is 1. The van der Waals surface area contributed by atoms with Gasteiger partial charge in [-0.3, -0.25) is 19.3 Å². The van der Waals surface area contributed by atoms with Gasteiger partial charge in [-0.25, -0.2) is 0 Å². The number of benzene rings is 3. The summed E-state index contributed by atoms with van der Waals surface area (Å²) < 4.78 is 17.7. The molecule has 3 aromatic rings. The fraction of sp³-hybridized carbons (Fsp3) is 0.462. The highest BCUT2D eigenvalue weighted by Gasteiger charge is 2.51. The highest BCUT2D eigenvalue weighted by Crippen LogP contribution is 2.47. The number of nitrogens with zero attached hydrogens (tertiary/aromatic N) is 2. The third-order valence-electron chi connectivity index (χ3n) is 10.9. The molecule has 0 aliphatic carbocycles. The molecule has 1 N–H and O–H groups in total. The van der Waals surface area contributed by atoms with E-state index in [1.54, 1.807) is 12.0 Å². The van der Waals surface area contributed by atoms with Crippen LogP contribution in [0.5, 0.6) is 5.75 Å². The first-order valence-corrected chi connectivity index (χ1v) is 20.4. The van der Waals surface area contributed by atoms with Crippen LogP contribution in [0.4, 0.5) is 5.69 Å². The van der Waals surface area contributed by atoms with E-state index in [2.05, 4.69) is 44.3 Å². The highest BCUT2D eigenvalue weighted by atomic mass is 28.3. The first-order chi connectivity index (χ1) is 23.5. The minimum Gasteiger partial charge on any atom is -0.497 e. The number of carbonyl (C=O) groups excluding carboxylic acids is 3. The van der Waals surface area contributed by atoms with Crippen molar-refractivity contribution in [3.05, 3.63) is 89.5 Å². The Hall–Kier alpha value is -3.99. The van der Waals surface area contributed by atoms with Crippen LogP contribution in [0.25, 0.3) is 0 Å². The first kappa shape index (κ1) is 34.9. The van der Waals surface area contributed by atoms with Gasteiger partial charge in [-0.15, -0.1) is 0 Å². The molecular weight excluding hydrogens is 637 g/mol. The van der Waals surface area contributed by atoms with E-state index >= 15 is 0 Å². The maximum absolute atomic E-state index is 14.1. The molecule has 0 saturated carbocycles. The second kappa shape index (κ2) is 14.5. The summed E-state index contributed by atoms with van der Waals surface area (Å²) in [5, 5.41) is 11.6. The van der Waals surface area contributed by atoms with Crippen molar-refractivity contribution >= 4 is 36.7 Å². The molecule has 2 fully saturated rings. The Morgan fingerprint density at radius 2 is 1.71 bits per heavy atom. The minimum atomic E-state index is -2.19. The summed E-state index contributed by atoms with van der Waals surface area (Å²) in [6.45, 7) is 8.78. The summed E-state index contributed by atoms with van der Waals surface area (Å²) in [5.74, 6) is 0.552. The Morgan fingerprint density at radius 1 is 0.980 bits per heavy atom. The molecule has 3 aromatic carbocycles. The number of hydrogen-bond acceptors (Lipinski definition) is 7. The Kier molecular flexibility index (Phi) is 10.3. The number of aliphatic hydroxyl groups excluding tert-OH is 1. The Labute approximate surface area is 290 Å². The molecule has 0 radical (unpaired) electrons. The Bertz CT molecular complexity index is 1680. The molecule has 0 spiro atoms. The number of aliphatic hydroxyl groups is 1. The van der Waals surface area contributed by atoms with Crippen molar-refractivity contribution in [1.29, 1.82) is 0 Å². The van der Waals surface area contributed by atoms with E-state index in [4.69, 9.17) is 14.2 Å². The third-order valence-corrected chi connectivity index (χ3v) is 15.3. The Balaban J connectivity index is 1.22. The van der Waals surface area contributed by atoms with Gasteiger partial charge in [0.2, 0.25) is 11.8 Å². The van der Waals surface area contributed by atoms with E-state index in [9.17, 15) is 19.5 Å². The predicted molar refractivity (Wildman–Crippen MR) is 190 cm³/mol. The molecule has 0 bridgehead atoms. The van der Waals surface area contributed by atoms with Gasteiger partial charge in [0, 0.05) is 19.2 Å². The molecule has 10 heteroatoms. The van der Waals surface area contributed by atoms with Crippen molar-refractivity contribution in [2.75, 3.05) is 18.6 Å². The molecule has 1 unspecified atom stereocenters. The number of anilines is 1. The van der Waals surface area contributed by atoms with Gasteiger partial charge in [0.15, 0.2) is 6.23 Å². The average molecular weight is 685 g/mol. The lowest BCUT2D eigenvalue weighted by Crippen LogP contribution is -2.54. The van der Waals surface area contributed by atoms with Gasteiger partial charge in [-0.2, -0.15) is 0 Å². The van der Waals surface area contributed by atoms with Crippen LogP contribution in [0, 0.1) is 5.92 Å². The van der Waals surface area contributed by atoms with Crippen molar-refractivity contribution < 1.29 is 33.7 Å². The van der Waals surface area contributed by atoms with Crippen LogP contribution in [0.2, 0.25) is 18.6 Å². The molecule has 3 aliphatic heterocycles. The second-order valence-corrected chi connectivity index (χ2v) is 19.0. The van der Waals surface area contributed by atoms with E-state index in [-0.39, 0.29) is 61.0 Å². The zero-order valence-electron chi connectivity index (χ0n) is 29.1. The minimum absolute atomic E-state index is 0.0187. The van der Waals surface area contributed by atoms with Crippen molar-refractivity contribution in [2.45, 2.75) is 95.6 Å². The zero-order valence-corrected chi connectivity index (χ0v) is 30.1. The quantitative estimate of drug-likeness (QED) is 0.173. The second-order valence-electron chi connectivity index (χ2n) is 14.3. The van der Waals surface area contributed by atoms with E-state index in [1.807, 2.05) is 53.4 Å². The maximum atomic E-state index is 14.1. The van der Waals surface area contributed by atoms with Crippen molar-refractivity contribution in [2.24, 2.45) is 5.92 Å². The normalized spacial score (nSPS) is 25.1. The monoisotopic (exact) mass is 684 g/mol. The summed E-state index contributed by atoms with van der Waals surface area (Å²) in [7, 11) is -0.523. The van der Waals surface area contributed by atoms with Gasteiger partial charge in [-0.05, 0) is 71.7 Å². The number of ether oxygens (including phenoxy) is 3. The lowest BCUT2D eigenvalue weighted by atomic mass is 9.93. The van der Waals surface area contributed by atoms with Crippen LogP contribution < -0.4 is 14.8 Å². The van der Waals surface area contributed by atoms with E-state index in [0.29, 0.717) is 13.0 Å². The molecule has 6 rings (SSSR count). The number of methoxy groups -OCH3 is 1. The molecule has 3 heterocycles. The smallest absolute Gasteiger partial charge is 0.304 e. The SMILES string of the molecule is COc1ccc([Si](C)(C)[C@H]2[C@H](C)[C@H](CCc3cccc(N4C(=O)CC4OC(C)=O)c3)O[C@@H]2CC(=O)N2Cc3ccccc3C[C@H]2CO)cc1. The van der Waals surface area contributed by atoms with Crippen molar-refractivity contribution in [1.82, 2.24) is 4.90 Å². The standard InChI is InChI=1S/C39H48N2O7Si/c1-25-34(18-13-27-9-8-12-30(19-27)41-37(45)22-38(41)47-26(2)43)48-35(39(25)49(4,5)33-16-14-32(46-3)15-17-33)21-36(44)40-23-29-11-7-6-10-28(29)20-31(40)24-42/h6-12,14-17,19,25,31,34-35,38-39,42H,13,18,20-24H2,1-5H3/t25-,31+,34+,35-,38?,39+/m1/s1. The zero-order chi connectivity index (χ0) is 34.9. The van der Waals surface area contributed by atoms with Crippen LogP contribution in [0.3, 0.4) is 0 Å². The topological polar surface area (TPSA) is 106 Å². The fourth-order valence-corrected chi connectivity index (χ4v) is 12.4. The van der Waals surface area contributed by atoms with Gasteiger partial charge in [0.1, 0.15) is 5.75 Å². The maximum Gasteiger partial charge on any atom is 0.304 e. The van der Waals surface area contributed by atoms with E-state index < -0.39 is 20.3 Å². The number of amides is 2. The molecule has 6 atom stereocenters. The molecule has 2 amide bonds. The van der Waals surface area contributed by atoms with Crippen LogP contribution in [0.15, 0.2) is 72.8 Å². The lowest BCUT2D eigenvalue weighted by molar-refractivity contribution is -0.154. The predicted octanol–water partition coefficient (Wildman–Crippen LogP) is 4.98. The molecule has 3 aliphatic rings. The molecule has 260 valence electrons. The molecule has 9 nitrogen and oxygen atoms in total. The fourth-order valence-electron chi connectivity index (χ4n) is 8.33. The van der Waals surface area contributed by atoms with Crippen molar-refractivity contribution in [3.63, 3.8) is 0 Å². The molecule has 2 saturated heterocycles. The number of carbonyl (C=O) groups is 3. The summed E-state index contributed by atoms with van der Waals surface area (Å²) >= 11 is 0. The van der Waals surface area contributed by atoms with Gasteiger partial charge in [0.25, 0.3) is 0 Å². The Morgan fingerprint density at radius 3 is 2.39 bits per heavy atom. The highest BCUT2D eigenvalue weighted by molar-refractivity contribution is 6.91. The van der Waals surface area contributed by atoms with Crippen LogP contribution >= 0.6 is 0 Å². The summed E-state index contributed by atoms with van der Waals surface area (Å²) in [6.07, 6.45) is 1.70. The molecule has 49 heavy (non-hydrogen) atoms. The number of aryl methyl sites for hydroxylation is 1. The summed E-state index contributed by atoms with van der Waals surface area (Å²) in [5.41, 5.74) is 4.28. The van der Waals surface area contributed by atoms with Gasteiger partial charge in [0.05, 0.1) is 52.9 Å². The number of β-lactam (4-membered cyclic amide) rings is 1. The van der Waals surface area contributed by atoms with Crippen molar-refractivity contribution in [3.8, 4) is 5.75 Å². The lowest BCUT2D eigenvalue weighted by Gasteiger charge is -2.39. The first-order valence-electron chi connectivity index (χ1n) is 17.4. The number of hydrogen-bond donors (Lipinski definition) is 1. The van der Waals surface area contributed by atoms with E-state index in [0.717, 1.165) is 35.4 Å². The number of rotatable bonds is 11.